The summed E-state index contributed by atoms with van der Waals surface area (Å²) in [5.41, 5.74) is 0.754. The first-order valence-corrected chi connectivity index (χ1v) is 4.53. The summed E-state index contributed by atoms with van der Waals surface area (Å²) in [5.74, 6) is 0. The van der Waals surface area contributed by atoms with Gasteiger partial charge in [-0.3, -0.25) is 4.98 Å². The molecule has 0 amide bonds. The van der Waals surface area contributed by atoms with Gasteiger partial charge in [0.2, 0.25) is 0 Å². The van der Waals surface area contributed by atoms with Crippen LogP contribution >= 0.6 is 0 Å². The number of hydrogen-bond donors (Lipinski definition) is 0. The molecule has 0 aliphatic heterocycles. The van der Waals surface area contributed by atoms with Crippen molar-refractivity contribution >= 4 is 14.7 Å². The van der Waals surface area contributed by atoms with Gasteiger partial charge >= 0.3 is 0 Å². The van der Waals surface area contributed by atoms with E-state index < -0.39 is 0 Å². The second-order valence-electron chi connectivity index (χ2n) is 2.54. The van der Waals surface area contributed by atoms with E-state index in [2.05, 4.69) is 24.9 Å². The fourth-order valence-electron chi connectivity index (χ4n) is 0.781. The number of rotatable bonds is 2. The van der Waals surface area contributed by atoms with E-state index in [-0.39, 0.29) is 0 Å². The molecule has 0 atom stereocenters. The Hall–Kier alpha value is -0.633. The highest BCUT2D eigenvalue weighted by molar-refractivity contribution is 6.54. The van der Waals surface area contributed by atoms with Crippen LogP contribution in [0.15, 0.2) is 24.5 Å². The molecule has 0 spiro atoms. The molecular formula is C8H11NSi. The summed E-state index contributed by atoms with van der Waals surface area (Å²) in [7, 11) is 0.898. The van der Waals surface area contributed by atoms with Crippen molar-refractivity contribution in [3.05, 3.63) is 24.5 Å². The zero-order chi connectivity index (χ0) is 7.40. The minimum absolute atomic E-state index is 0.754. The summed E-state index contributed by atoms with van der Waals surface area (Å²) >= 11 is 0. The first-order chi connectivity index (χ1) is 4.79. The number of nitrogens with zero attached hydrogens (tertiary/aromatic N) is 1. The maximum Gasteiger partial charge on any atom is 0.0858 e. The van der Waals surface area contributed by atoms with E-state index in [9.17, 15) is 0 Å². The Morgan fingerprint density at radius 3 is 2.80 bits per heavy atom. The molecule has 0 N–H and O–H groups in total. The second-order valence-corrected chi connectivity index (χ2v) is 4.56. The van der Waals surface area contributed by atoms with Crippen LogP contribution in [-0.4, -0.2) is 14.5 Å². The summed E-state index contributed by atoms with van der Waals surface area (Å²) in [6, 6.07) is 4.12. The first-order valence-electron chi connectivity index (χ1n) is 3.45. The molecule has 0 fully saturated rings. The van der Waals surface area contributed by atoms with Gasteiger partial charge in [-0.2, -0.15) is 0 Å². The van der Waals surface area contributed by atoms with Crippen LogP contribution in [0.1, 0.15) is 13.8 Å². The third-order valence-corrected chi connectivity index (χ3v) is 2.32. The molecule has 0 saturated heterocycles. The minimum Gasteiger partial charge on any atom is -0.265 e. The Balaban J connectivity index is 2.59. The molecule has 0 saturated carbocycles. The van der Waals surface area contributed by atoms with Crippen LogP contribution < -0.4 is 5.19 Å². The average molecular weight is 149 g/mol. The van der Waals surface area contributed by atoms with Crippen LogP contribution in [-0.2, 0) is 0 Å². The van der Waals surface area contributed by atoms with Crippen molar-refractivity contribution in [2.24, 2.45) is 0 Å². The highest BCUT2D eigenvalue weighted by atomic mass is 28.2. The lowest BCUT2D eigenvalue weighted by Crippen LogP contribution is -2.16. The summed E-state index contributed by atoms with van der Waals surface area (Å²) in [4.78, 5) is 4.04. The molecule has 1 nitrogen and oxygen atoms in total. The molecule has 2 radical (unpaired) electrons. The molecule has 0 aliphatic carbocycles. The van der Waals surface area contributed by atoms with Gasteiger partial charge in [0.15, 0.2) is 0 Å². The molecule has 0 unspecified atom stereocenters. The molecule has 1 heterocycles. The molecule has 0 aliphatic rings. The lowest BCUT2D eigenvalue weighted by molar-refractivity contribution is 1.07. The third kappa shape index (κ3) is 2.31. The van der Waals surface area contributed by atoms with Gasteiger partial charge in [0.1, 0.15) is 0 Å². The molecule has 1 aromatic heterocycles. The van der Waals surface area contributed by atoms with Gasteiger partial charge in [-0.05, 0) is 11.3 Å². The van der Waals surface area contributed by atoms with E-state index in [1.54, 1.807) is 0 Å². The Morgan fingerprint density at radius 2 is 2.30 bits per heavy atom. The summed E-state index contributed by atoms with van der Waals surface area (Å²) in [6.07, 6.45) is 3.76. The van der Waals surface area contributed by atoms with Crippen molar-refractivity contribution < 1.29 is 0 Å². The van der Waals surface area contributed by atoms with E-state index in [4.69, 9.17) is 0 Å². The molecule has 2 heteroatoms. The van der Waals surface area contributed by atoms with Crippen LogP contribution in [0.25, 0.3) is 0 Å². The Bertz CT molecular complexity index is 184. The topological polar surface area (TPSA) is 12.9 Å². The van der Waals surface area contributed by atoms with Gasteiger partial charge in [-0.15, -0.1) is 0 Å². The second kappa shape index (κ2) is 3.51. The predicted molar refractivity (Wildman–Crippen MR) is 44.7 cm³/mol. The van der Waals surface area contributed by atoms with Crippen molar-refractivity contribution in [1.29, 1.82) is 0 Å². The molecule has 0 bridgehead atoms. The van der Waals surface area contributed by atoms with E-state index >= 15 is 0 Å². The lowest BCUT2D eigenvalue weighted by atomic mass is 10.5. The van der Waals surface area contributed by atoms with Gasteiger partial charge in [-0.25, -0.2) is 0 Å². The van der Waals surface area contributed by atoms with Gasteiger partial charge in [0, 0.05) is 12.4 Å². The van der Waals surface area contributed by atoms with Crippen LogP contribution in [0.4, 0.5) is 0 Å². The molecule has 10 heavy (non-hydrogen) atoms. The van der Waals surface area contributed by atoms with Gasteiger partial charge in [0.25, 0.3) is 0 Å². The maximum absolute atomic E-state index is 4.04. The van der Waals surface area contributed by atoms with Gasteiger partial charge in [0.05, 0.1) is 9.52 Å². The van der Waals surface area contributed by atoms with Crippen molar-refractivity contribution in [2.45, 2.75) is 19.4 Å². The third-order valence-electron chi connectivity index (χ3n) is 1.12. The fourth-order valence-corrected chi connectivity index (χ4v) is 1.79. The minimum atomic E-state index is 0.754. The summed E-state index contributed by atoms with van der Waals surface area (Å²) in [6.45, 7) is 4.46. The molecule has 52 valence electrons. The zero-order valence-electron chi connectivity index (χ0n) is 6.33. The number of pyridine rings is 1. The summed E-state index contributed by atoms with van der Waals surface area (Å²) < 4.78 is 0. The maximum atomic E-state index is 4.04. The standard InChI is InChI=1S/C8H11NSi/c1-7(2)10-8-4-3-5-9-6-8/h3-7H,1-2H3. The zero-order valence-corrected chi connectivity index (χ0v) is 7.33. The smallest absolute Gasteiger partial charge is 0.0858 e. The summed E-state index contributed by atoms with van der Waals surface area (Å²) in [5, 5.41) is 1.36. The van der Waals surface area contributed by atoms with Crippen LogP contribution in [0.5, 0.6) is 0 Å². The van der Waals surface area contributed by atoms with Crippen molar-refractivity contribution in [3.63, 3.8) is 0 Å². The van der Waals surface area contributed by atoms with Crippen molar-refractivity contribution in [3.8, 4) is 0 Å². The van der Waals surface area contributed by atoms with Crippen LogP contribution in [0.3, 0.4) is 0 Å². The Morgan fingerprint density at radius 1 is 1.50 bits per heavy atom. The lowest BCUT2D eigenvalue weighted by Gasteiger charge is -2.00. The first kappa shape index (κ1) is 7.47. The van der Waals surface area contributed by atoms with Crippen LogP contribution in [0.2, 0.25) is 5.54 Å². The normalized spacial score (nSPS) is 10.3. The fraction of sp³-hybridized carbons (Fsp3) is 0.375. The molecule has 1 aromatic rings. The highest BCUT2D eigenvalue weighted by Crippen LogP contribution is 1.95. The molecule has 1 rings (SSSR count). The van der Waals surface area contributed by atoms with E-state index in [0.717, 1.165) is 15.1 Å². The average Bonchev–Trinajstić information content (AvgIpc) is 1.88. The Kier molecular flexibility index (Phi) is 2.63. The molecular weight excluding hydrogens is 138 g/mol. The van der Waals surface area contributed by atoms with E-state index in [0.29, 0.717) is 0 Å². The largest absolute Gasteiger partial charge is 0.265 e. The van der Waals surface area contributed by atoms with E-state index in [1.807, 2.05) is 18.5 Å². The quantitative estimate of drug-likeness (QED) is 0.576. The highest BCUT2D eigenvalue weighted by Gasteiger charge is 1.96. The Labute approximate surface area is 64.3 Å². The molecule has 0 aromatic carbocycles. The van der Waals surface area contributed by atoms with Gasteiger partial charge in [-0.1, -0.05) is 25.5 Å². The van der Waals surface area contributed by atoms with Crippen molar-refractivity contribution in [1.82, 2.24) is 4.98 Å². The SMILES string of the molecule is CC(C)[Si]c1cccnc1. The van der Waals surface area contributed by atoms with E-state index in [1.165, 1.54) is 5.19 Å². The number of aromatic nitrogens is 1. The number of hydrogen-bond acceptors (Lipinski definition) is 1. The predicted octanol–water partition coefficient (Wildman–Crippen LogP) is 1.24. The monoisotopic (exact) mass is 149 g/mol. The van der Waals surface area contributed by atoms with Crippen molar-refractivity contribution in [2.75, 3.05) is 0 Å². The van der Waals surface area contributed by atoms with Gasteiger partial charge < -0.3 is 0 Å². The van der Waals surface area contributed by atoms with Crippen LogP contribution in [0, 0.1) is 0 Å².